The van der Waals surface area contributed by atoms with Gasteiger partial charge in [-0.15, -0.1) is 0 Å². The van der Waals surface area contributed by atoms with E-state index in [2.05, 4.69) is 0 Å². The molecule has 0 aliphatic heterocycles. The third-order valence-electron chi connectivity index (χ3n) is 5.03. The van der Waals surface area contributed by atoms with E-state index in [0.717, 1.165) is 22.1 Å². The first kappa shape index (κ1) is 18.1. The normalized spacial score (nSPS) is 20.8. The summed E-state index contributed by atoms with van der Waals surface area (Å²) in [5, 5.41) is 2.02. The topological polar surface area (TPSA) is 35.5 Å². The van der Waals surface area contributed by atoms with Crippen LogP contribution in [0.3, 0.4) is 0 Å². The number of rotatable bonds is 5. The van der Waals surface area contributed by atoms with Crippen LogP contribution in [0, 0.1) is 17.3 Å². The molecule has 1 aliphatic rings. The van der Waals surface area contributed by atoms with E-state index < -0.39 is 0 Å². The van der Waals surface area contributed by atoms with E-state index in [-0.39, 0.29) is 34.3 Å². The van der Waals surface area contributed by atoms with Gasteiger partial charge in [-0.3, -0.25) is 4.79 Å². The highest BCUT2D eigenvalue weighted by Crippen LogP contribution is 2.60. The lowest BCUT2D eigenvalue weighted by atomic mass is 10.0. The van der Waals surface area contributed by atoms with Gasteiger partial charge in [0.15, 0.2) is 0 Å². The summed E-state index contributed by atoms with van der Waals surface area (Å²) in [6.45, 7) is 4.25. The van der Waals surface area contributed by atoms with Gasteiger partial charge in [-0.2, -0.15) is 0 Å². The summed E-state index contributed by atoms with van der Waals surface area (Å²) in [5.74, 6) is 0.374. The first-order chi connectivity index (χ1) is 11.9. The maximum absolute atomic E-state index is 12.5. The van der Waals surface area contributed by atoms with Gasteiger partial charge in [-0.05, 0) is 34.4 Å². The Morgan fingerprint density at radius 2 is 1.84 bits per heavy atom. The summed E-state index contributed by atoms with van der Waals surface area (Å²) >= 11 is 11.5. The van der Waals surface area contributed by atoms with Gasteiger partial charge in [-0.1, -0.05) is 67.4 Å². The molecule has 25 heavy (non-hydrogen) atoms. The molecule has 2 aromatic carbocycles. The molecule has 0 amide bonds. The Morgan fingerprint density at radius 3 is 2.48 bits per heavy atom. The Kier molecular flexibility index (Phi) is 4.99. The summed E-state index contributed by atoms with van der Waals surface area (Å²) in [6.07, 6.45) is 1.72. The number of carbonyl (C=O) groups is 1. The van der Waals surface area contributed by atoms with Gasteiger partial charge in [0, 0.05) is 5.39 Å². The third kappa shape index (κ3) is 3.49. The van der Waals surface area contributed by atoms with Crippen molar-refractivity contribution in [3.8, 4) is 5.75 Å². The van der Waals surface area contributed by atoms with Gasteiger partial charge in [-0.25, -0.2) is 0 Å². The molecule has 1 fully saturated rings. The van der Waals surface area contributed by atoms with Gasteiger partial charge >= 0.3 is 5.97 Å². The van der Waals surface area contributed by atoms with Crippen LogP contribution in [0.4, 0.5) is 0 Å². The average molecular weight is 379 g/mol. The predicted molar refractivity (Wildman–Crippen MR) is 101 cm³/mol. The number of benzene rings is 2. The molecule has 0 radical (unpaired) electrons. The quantitative estimate of drug-likeness (QED) is 0.645. The molecule has 0 heterocycles. The molecule has 3 nitrogen and oxygen atoms in total. The van der Waals surface area contributed by atoms with Crippen LogP contribution in [-0.2, 0) is 16.1 Å². The lowest BCUT2D eigenvalue weighted by molar-refractivity contribution is -0.147. The Morgan fingerprint density at radius 1 is 1.16 bits per heavy atom. The molecule has 5 heteroatoms. The molecule has 0 saturated heterocycles. The molecule has 2 unspecified atom stereocenters. The van der Waals surface area contributed by atoms with E-state index in [0.29, 0.717) is 0 Å². The fraction of sp³-hybridized carbons (Fsp3) is 0.350. The summed E-state index contributed by atoms with van der Waals surface area (Å²) in [5.41, 5.74) is 0.763. The molecule has 1 aliphatic carbocycles. The van der Waals surface area contributed by atoms with Crippen molar-refractivity contribution >= 4 is 39.9 Å². The van der Waals surface area contributed by atoms with E-state index in [1.807, 2.05) is 50.2 Å². The number of allylic oxidation sites excluding steroid dienone is 1. The van der Waals surface area contributed by atoms with E-state index in [1.165, 1.54) is 0 Å². The molecule has 132 valence electrons. The van der Waals surface area contributed by atoms with E-state index in [1.54, 1.807) is 13.2 Å². The molecule has 2 atom stereocenters. The van der Waals surface area contributed by atoms with Crippen molar-refractivity contribution in [2.45, 2.75) is 20.5 Å². The number of carbonyl (C=O) groups excluding carboxylic acids is 1. The van der Waals surface area contributed by atoms with Crippen LogP contribution >= 0.6 is 23.2 Å². The fourth-order valence-corrected chi connectivity index (χ4v) is 3.72. The maximum Gasteiger partial charge on any atom is 0.310 e. The van der Waals surface area contributed by atoms with Crippen molar-refractivity contribution in [3.05, 3.63) is 52.5 Å². The van der Waals surface area contributed by atoms with Gasteiger partial charge in [0.2, 0.25) is 0 Å². The maximum atomic E-state index is 12.5. The zero-order valence-corrected chi connectivity index (χ0v) is 15.9. The molecule has 0 N–H and O–H groups in total. The lowest BCUT2D eigenvalue weighted by Crippen LogP contribution is -2.11. The first-order valence-corrected chi connectivity index (χ1v) is 8.86. The third-order valence-corrected chi connectivity index (χ3v) is 5.29. The van der Waals surface area contributed by atoms with Crippen molar-refractivity contribution in [1.82, 2.24) is 0 Å². The minimum Gasteiger partial charge on any atom is -0.496 e. The summed E-state index contributed by atoms with van der Waals surface area (Å²) in [7, 11) is 1.65. The fourth-order valence-electron chi connectivity index (χ4n) is 3.45. The molecule has 0 spiro atoms. The van der Waals surface area contributed by atoms with Crippen LogP contribution in [-0.4, -0.2) is 13.1 Å². The van der Waals surface area contributed by atoms with Crippen molar-refractivity contribution in [1.29, 1.82) is 0 Å². The highest BCUT2D eigenvalue weighted by atomic mass is 35.5. The van der Waals surface area contributed by atoms with Crippen molar-refractivity contribution in [2.75, 3.05) is 7.11 Å². The molecule has 0 aromatic heterocycles. The second kappa shape index (κ2) is 6.89. The van der Waals surface area contributed by atoms with Crippen molar-refractivity contribution < 1.29 is 14.3 Å². The van der Waals surface area contributed by atoms with Gasteiger partial charge in [0.1, 0.15) is 16.8 Å². The predicted octanol–water partition coefficient (Wildman–Crippen LogP) is 5.48. The highest BCUT2D eigenvalue weighted by Gasteiger charge is 2.61. The van der Waals surface area contributed by atoms with Crippen LogP contribution < -0.4 is 4.74 Å². The van der Waals surface area contributed by atoms with Crippen molar-refractivity contribution in [3.63, 3.8) is 0 Å². The second-order valence-electron chi connectivity index (χ2n) is 6.86. The number of hydrogen-bond acceptors (Lipinski definition) is 3. The Labute approximate surface area is 157 Å². The van der Waals surface area contributed by atoms with Crippen LogP contribution in [0.15, 0.2) is 47.0 Å². The molecule has 2 aromatic rings. The van der Waals surface area contributed by atoms with Crippen LogP contribution in [0.2, 0.25) is 0 Å². The summed E-state index contributed by atoms with van der Waals surface area (Å²) in [6, 6.07) is 11.7. The number of ether oxygens (including phenoxy) is 2. The highest BCUT2D eigenvalue weighted by molar-refractivity contribution is 6.55. The number of esters is 1. The Hall–Kier alpha value is -1.71. The zero-order chi connectivity index (χ0) is 18.2. The second-order valence-corrected chi connectivity index (χ2v) is 7.87. The largest absolute Gasteiger partial charge is 0.496 e. The van der Waals surface area contributed by atoms with E-state index in [4.69, 9.17) is 32.7 Å². The van der Waals surface area contributed by atoms with Gasteiger partial charge in [0.25, 0.3) is 0 Å². The minimum atomic E-state index is -0.222. The Balaban J connectivity index is 1.76. The monoisotopic (exact) mass is 378 g/mol. The zero-order valence-electron chi connectivity index (χ0n) is 14.4. The average Bonchev–Trinajstić information content (AvgIpc) is 3.11. The molecular weight excluding hydrogens is 359 g/mol. The van der Waals surface area contributed by atoms with E-state index in [9.17, 15) is 4.79 Å². The number of fused-ring (bicyclic) bond motifs is 1. The first-order valence-electron chi connectivity index (χ1n) is 8.10. The van der Waals surface area contributed by atoms with E-state index >= 15 is 0 Å². The molecular formula is C20H20Cl2O3. The number of halogens is 2. The number of methoxy groups -OCH3 is 1. The van der Waals surface area contributed by atoms with Gasteiger partial charge in [0.05, 0.1) is 13.0 Å². The SMILES string of the molecule is COc1ccc(COC(=O)C2C(C=C(Cl)Cl)C2(C)C)c2ccccc12. The minimum absolute atomic E-state index is 0.0117. The smallest absolute Gasteiger partial charge is 0.310 e. The lowest BCUT2D eigenvalue weighted by Gasteiger charge is -2.11. The standard InChI is InChI=1S/C20H20Cl2O3/c1-20(2)15(10-17(21)22)18(20)19(23)25-11-12-8-9-16(24-3)14-7-5-4-6-13(12)14/h4-10,15,18H,11H2,1-3H3. The van der Waals surface area contributed by atoms with Crippen molar-refractivity contribution in [2.24, 2.45) is 17.3 Å². The number of hydrogen-bond donors (Lipinski definition) is 0. The van der Waals surface area contributed by atoms with Crippen LogP contribution in [0.1, 0.15) is 19.4 Å². The van der Waals surface area contributed by atoms with Gasteiger partial charge < -0.3 is 9.47 Å². The molecule has 1 saturated carbocycles. The Bertz CT molecular complexity index is 838. The summed E-state index contributed by atoms with van der Waals surface area (Å²) < 4.78 is 11.2. The van der Waals surface area contributed by atoms with Crippen LogP contribution in [0.5, 0.6) is 5.75 Å². The molecule has 0 bridgehead atoms. The molecule has 3 rings (SSSR count). The van der Waals surface area contributed by atoms with Crippen LogP contribution in [0.25, 0.3) is 10.8 Å². The summed E-state index contributed by atoms with van der Waals surface area (Å²) in [4.78, 5) is 12.5.